The van der Waals surface area contributed by atoms with Gasteiger partial charge < -0.3 is 10.2 Å². The first kappa shape index (κ1) is 22.5. The summed E-state index contributed by atoms with van der Waals surface area (Å²) in [7, 11) is 0. The van der Waals surface area contributed by atoms with E-state index in [1.165, 1.54) is 31.5 Å². The van der Waals surface area contributed by atoms with Gasteiger partial charge in [0.1, 0.15) is 6.04 Å². The van der Waals surface area contributed by atoms with Gasteiger partial charge in [-0.15, -0.1) is 0 Å². The van der Waals surface area contributed by atoms with Crippen molar-refractivity contribution in [2.45, 2.75) is 58.2 Å². The molecule has 5 nitrogen and oxygen atoms in total. The topological polar surface area (TPSA) is 52.7 Å². The molecule has 2 atom stereocenters. The second-order valence-electron chi connectivity index (χ2n) is 9.37. The number of amides is 2. The lowest BCUT2D eigenvalue weighted by molar-refractivity contribution is -0.142. The fraction of sp³-hybridized carbons (Fsp3) is 0.481. The van der Waals surface area contributed by atoms with Crippen LogP contribution in [0.25, 0.3) is 0 Å². The van der Waals surface area contributed by atoms with Crippen molar-refractivity contribution in [3.8, 4) is 0 Å². The van der Waals surface area contributed by atoms with E-state index in [-0.39, 0.29) is 11.8 Å². The summed E-state index contributed by atoms with van der Waals surface area (Å²) in [4.78, 5) is 30.0. The summed E-state index contributed by atoms with van der Waals surface area (Å²) >= 11 is 0. The molecule has 1 N–H and O–H groups in total. The second-order valence-corrected chi connectivity index (χ2v) is 9.37. The molecule has 2 aliphatic heterocycles. The minimum atomic E-state index is -0.565. The number of hydrogen-bond acceptors (Lipinski definition) is 3. The van der Waals surface area contributed by atoms with Gasteiger partial charge in [-0.05, 0) is 54.8 Å². The molecule has 0 aromatic heterocycles. The molecule has 0 spiro atoms. The predicted octanol–water partition coefficient (Wildman–Crippen LogP) is 4.29. The number of carbonyl (C=O) groups excluding carboxylic acids is 2. The molecule has 2 fully saturated rings. The molecular formula is C27H35N3O2. The molecule has 2 unspecified atom stereocenters. The quantitative estimate of drug-likeness (QED) is 0.709. The Balaban J connectivity index is 1.38. The molecule has 4 rings (SSSR count). The minimum Gasteiger partial charge on any atom is -0.350 e. The van der Waals surface area contributed by atoms with Crippen LogP contribution < -0.4 is 5.32 Å². The molecule has 0 bridgehead atoms. The van der Waals surface area contributed by atoms with Gasteiger partial charge in [0, 0.05) is 32.6 Å². The van der Waals surface area contributed by atoms with Gasteiger partial charge in [0.15, 0.2) is 0 Å². The SMILES string of the molecule is CC1CCCN(Cc2ccc(CNC(=O)C(c3ccccc3)N3CCCCC3=O)cc2)C1. The second kappa shape index (κ2) is 10.8. The lowest BCUT2D eigenvalue weighted by Crippen LogP contribution is -2.45. The summed E-state index contributed by atoms with van der Waals surface area (Å²) in [5, 5.41) is 3.08. The molecule has 2 aromatic rings. The number of benzene rings is 2. The number of rotatable bonds is 7. The zero-order valence-corrected chi connectivity index (χ0v) is 19.1. The van der Waals surface area contributed by atoms with Gasteiger partial charge in [-0.2, -0.15) is 0 Å². The third-order valence-corrected chi connectivity index (χ3v) is 6.67. The van der Waals surface area contributed by atoms with Crippen molar-refractivity contribution in [2.75, 3.05) is 19.6 Å². The maximum Gasteiger partial charge on any atom is 0.247 e. The van der Waals surface area contributed by atoms with Crippen molar-refractivity contribution in [3.05, 3.63) is 71.3 Å². The standard InChI is InChI=1S/C27H35N3O2/c1-21-8-7-16-29(19-21)20-23-14-12-22(13-15-23)18-28-27(32)26(24-9-3-2-4-10-24)30-17-6-5-11-25(30)31/h2-4,9-10,12-15,21,26H,5-8,11,16-20H2,1H3,(H,28,32). The van der Waals surface area contributed by atoms with Gasteiger partial charge in [-0.1, -0.05) is 61.5 Å². The molecule has 2 heterocycles. The monoisotopic (exact) mass is 433 g/mol. The van der Waals surface area contributed by atoms with Crippen molar-refractivity contribution in [3.63, 3.8) is 0 Å². The first-order valence-corrected chi connectivity index (χ1v) is 12.0. The third-order valence-electron chi connectivity index (χ3n) is 6.67. The summed E-state index contributed by atoms with van der Waals surface area (Å²) in [6.07, 6.45) is 4.99. The highest BCUT2D eigenvalue weighted by atomic mass is 16.2. The van der Waals surface area contributed by atoms with Gasteiger partial charge in [0.05, 0.1) is 0 Å². The fourth-order valence-corrected chi connectivity index (χ4v) is 4.94. The largest absolute Gasteiger partial charge is 0.350 e. The Bertz CT molecular complexity index is 897. The van der Waals surface area contributed by atoms with Crippen LogP contribution in [0.3, 0.4) is 0 Å². The van der Waals surface area contributed by atoms with Crippen LogP contribution >= 0.6 is 0 Å². The molecule has 2 saturated heterocycles. The van der Waals surface area contributed by atoms with Crippen LogP contribution in [0.4, 0.5) is 0 Å². The van der Waals surface area contributed by atoms with Crippen molar-refractivity contribution in [2.24, 2.45) is 5.92 Å². The number of nitrogens with zero attached hydrogens (tertiary/aromatic N) is 2. The summed E-state index contributed by atoms with van der Waals surface area (Å²) in [6, 6.07) is 17.6. The number of nitrogens with one attached hydrogen (secondary N) is 1. The van der Waals surface area contributed by atoms with E-state index in [0.717, 1.165) is 36.4 Å². The van der Waals surface area contributed by atoms with Gasteiger partial charge in [-0.3, -0.25) is 14.5 Å². The normalized spacial score (nSPS) is 20.7. The Morgan fingerprint density at radius 2 is 1.75 bits per heavy atom. The van der Waals surface area contributed by atoms with Crippen molar-refractivity contribution >= 4 is 11.8 Å². The molecule has 5 heteroatoms. The number of likely N-dealkylation sites (tertiary alicyclic amines) is 2. The van der Waals surface area contributed by atoms with Crippen LogP contribution in [0, 0.1) is 5.92 Å². The molecule has 0 radical (unpaired) electrons. The van der Waals surface area contributed by atoms with E-state index in [1.54, 1.807) is 4.90 Å². The summed E-state index contributed by atoms with van der Waals surface area (Å²) < 4.78 is 0. The van der Waals surface area contributed by atoms with E-state index in [2.05, 4.69) is 41.4 Å². The number of piperidine rings is 2. The summed E-state index contributed by atoms with van der Waals surface area (Å²) in [5.41, 5.74) is 3.26. The predicted molar refractivity (Wildman–Crippen MR) is 127 cm³/mol. The Labute approximate surface area is 191 Å². The van der Waals surface area contributed by atoms with E-state index >= 15 is 0 Å². The molecular weight excluding hydrogens is 398 g/mol. The average Bonchev–Trinajstić information content (AvgIpc) is 2.81. The molecule has 0 aliphatic carbocycles. The van der Waals surface area contributed by atoms with Crippen LogP contribution in [-0.4, -0.2) is 41.2 Å². The van der Waals surface area contributed by atoms with Crippen LogP contribution in [0.1, 0.15) is 61.8 Å². The highest BCUT2D eigenvalue weighted by Gasteiger charge is 2.32. The van der Waals surface area contributed by atoms with Crippen LogP contribution in [0.15, 0.2) is 54.6 Å². The van der Waals surface area contributed by atoms with E-state index in [1.807, 2.05) is 30.3 Å². The smallest absolute Gasteiger partial charge is 0.247 e. The summed E-state index contributed by atoms with van der Waals surface area (Å²) in [5.74, 6) is 0.733. The Hall–Kier alpha value is -2.66. The zero-order valence-electron chi connectivity index (χ0n) is 19.1. The Kier molecular flexibility index (Phi) is 7.59. The third kappa shape index (κ3) is 5.77. The molecule has 0 saturated carbocycles. The van der Waals surface area contributed by atoms with Crippen molar-refractivity contribution < 1.29 is 9.59 Å². The first-order chi connectivity index (χ1) is 15.6. The number of hydrogen-bond donors (Lipinski definition) is 1. The van der Waals surface area contributed by atoms with Crippen LogP contribution in [0.5, 0.6) is 0 Å². The first-order valence-electron chi connectivity index (χ1n) is 12.0. The maximum atomic E-state index is 13.2. The van der Waals surface area contributed by atoms with E-state index in [9.17, 15) is 9.59 Å². The summed E-state index contributed by atoms with van der Waals surface area (Å²) in [6.45, 7) is 6.77. The lowest BCUT2D eigenvalue weighted by Gasteiger charge is -2.34. The average molecular weight is 434 g/mol. The fourth-order valence-electron chi connectivity index (χ4n) is 4.94. The zero-order chi connectivity index (χ0) is 22.3. The molecule has 170 valence electrons. The van der Waals surface area contributed by atoms with Crippen molar-refractivity contribution in [1.29, 1.82) is 0 Å². The van der Waals surface area contributed by atoms with Crippen molar-refractivity contribution in [1.82, 2.24) is 15.1 Å². The molecule has 2 aromatic carbocycles. The lowest BCUT2D eigenvalue weighted by atomic mass is 9.99. The van der Waals surface area contributed by atoms with E-state index in [4.69, 9.17) is 0 Å². The Morgan fingerprint density at radius 1 is 1.00 bits per heavy atom. The van der Waals surface area contributed by atoms with Crippen LogP contribution in [0.2, 0.25) is 0 Å². The van der Waals surface area contributed by atoms with E-state index in [0.29, 0.717) is 19.5 Å². The Morgan fingerprint density at radius 3 is 2.47 bits per heavy atom. The highest BCUT2D eigenvalue weighted by molar-refractivity contribution is 5.89. The highest BCUT2D eigenvalue weighted by Crippen LogP contribution is 2.26. The van der Waals surface area contributed by atoms with Gasteiger partial charge >= 0.3 is 0 Å². The molecule has 2 amide bonds. The molecule has 2 aliphatic rings. The van der Waals surface area contributed by atoms with Gasteiger partial charge in [0.25, 0.3) is 0 Å². The maximum absolute atomic E-state index is 13.2. The van der Waals surface area contributed by atoms with E-state index < -0.39 is 6.04 Å². The van der Waals surface area contributed by atoms with Gasteiger partial charge in [-0.25, -0.2) is 0 Å². The van der Waals surface area contributed by atoms with Crippen LogP contribution in [-0.2, 0) is 22.7 Å². The minimum absolute atomic E-state index is 0.0663. The molecule has 32 heavy (non-hydrogen) atoms. The van der Waals surface area contributed by atoms with Gasteiger partial charge in [0.2, 0.25) is 11.8 Å². The number of carbonyl (C=O) groups is 2.